The Bertz CT molecular complexity index is 562. The van der Waals surface area contributed by atoms with Gasteiger partial charge in [-0.2, -0.15) is 0 Å². The van der Waals surface area contributed by atoms with Crippen molar-refractivity contribution in [3.8, 4) is 0 Å². The molecule has 1 amide bonds. The average molecular weight is 341 g/mol. The minimum Gasteiger partial charge on any atom is -0.462 e. The first-order valence-electron chi connectivity index (χ1n) is 7.95. The van der Waals surface area contributed by atoms with Gasteiger partial charge in [-0.25, -0.2) is 4.79 Å². The van der Waals surface area contributed by atoms with Crippen molar-refractivity contribution in [1.29, 1.82) is 0 Å². The summed E-state index contributed by atoms with van der Waals surface area (Å²) in [4.78, 5) is 26.4. The Kier molecular flexibility index (Phi) is 6.15. The van der Waals surface area contributed by atoms with Gasteiger partial charge in [-0.15, -0.1) is 11.3 Å². The molecular formula is C16H25N2O4S+. The zero-order valence-electron chi connectivity index (χ0n) is 14.1. The highest BCUT2D eigenvalue weighted by Crippen LogP contribution is 2.28. The highest BCUT2D eigenvalue weighted by molar-refractivity contribution is 7.16. The summed E-state index contributed by atoms with van der Waals surface area (Å²) < 4.78 is 10.7. The van der Waals surface area contributed by atoms with E-state index in [1.807, 2.05) is 20.8 Å². The van der Waals surface area contributed by atoms with Crippen LogP contribution in [0.15, 0.2) is 6.07 Å². The molecule has 7 heteroatoms. The predicted molar refractivity (Wildman–Crippen MR) is 89.2 cm³/mol. The van der Waals surface area contributed by atoms with E-state index in [0.717, 1.165) is 18.0 Å². The summed E-state index contributed by atoms with van der Waals surface area (Å²) in [5.74, 6) is -0.484. The van der Waals surface area contributed by atoms with Crippen molar-refractivity contribution in [1.82, 2.24) is 0 Å². The number of carbonyl (C=O) groups excluding carboxylic acids is 2. The topological polar surface area (TPSA) is 69.1 Å². The lowest BCUT2D eigenvalue weighted by Gasteiger charge is -2.31. The Balaban J connectivity index is 1.99. The first-order chi connectivity index (χ1) is 10.9. The van der Waals surface area contributed by atoms with Gasteiger partial charge in [-0.3, -0.25) is 4.79 Å². The molecule has 1 aromatic rings. The van der Waals surface area contributed by atoms with E-state index in [9.17, 15) is 9.59 Å². The first kappa shape index (κ1) is 17.9. The number of aryl methyl sites for hydroxylation is 1. The number of quaternary nitrogens is 1. The zero-order chi connectivity index (χ0) is 17.0. The van der Waals surface area contributed by atoms with E-state index in [-0.39, 0.29) is 18.1 Å². The number of anilines is 1. The van der Waals surface area contributed by atoms with Crippen LogP contribution in [-0.2, 0) is 14.3 Å². The summed E-state index contributed by atoms with van der Waals surface area (Å²) in [6, 6.07) is 1.75. The van der Waals surface area contributed by atoms with Gasteiger partial charge in [-0.05, 0) is 33.8 Å². The van der Waals surface area contributed by atoms with Gasteiger partial charge < -0.3 is 19.7 Å². The van der Waals surface area contributed by atoms with Gasteiger partial charge in [0.2, 0.25) is 0 Å². The number of amides is 1. The maximum Gasteiger partial charge on any atom is 0.341 e. The highest BCUT2D eigenvalue weighted by atomic mass is 32.1. The molecule has 0 spiro atoms. The molecule has 2 N–H and O–H groups in total. The van der Waals surface area contributed by atoms with Crippen LogP contribution in [0.25, 0.3) is 0 Å². The number of thiophene rings is 1. The van der Waals surface area contributed by atoms with Crippen LogP contribution < -0.4 is 10.2 Å². The third-order valence-corrected chi connectivity index (χ3v) is 4.60. The molecule has 0 saturated carbocycles. The standard InChI is InChI=1S/C16H24N2O4S/c1-5-21-16(20)13-6-12(4)23-15(13)17-14(19)9-18-7-10(2)22-11(3)8-18/h6,10-11H,5,7-9H2,1-4H3,(H,17,19)/p+1/t10-,11-/m1/s1. The second-order valence-electron chi connectivity index (χ2n) is 5.96. The maximum atomic E-state index is 12.3. The number of morpholine rings is 1. The van der Waals surface area contributed by atoms with Crippen molar-refractivity contribution in [3.63, 3.8) is 0 Å². The Labute approximate surface area is 140 Å². The van der Waals surface area contributed by atoms with Crippen LogP contribution >= 0.6 is 11.3 Å². The molecule has 128 valence electrons. The smallest absolute Gasteiger partial charge is 0.341 e. The van der Waals surface area contributed by atoms with Gasteiger partial charge in [-0.1, -0.05) is 0 Å². The first-order valence-corrected chi connectivity index (χ1v) is 8.77. The molecule has 2 heterocycles. The molecule has 1 aromatic heterocycles. The Morgan fingerprint density at radius 3 is 2.65 bits per heavy atom. The maximum absolute atomic E-state index is 12.3. The fraction of sp³-hybridized carbons (Fsp3) is 0.625. The predicted octanol–water partition coefficient (Wildman–Crippen LogP) is 0.864. The molecule has 1 aliphatic heterocycles. The van der Waals surface area contributed by atoms with E-state index in [2.05, 4.69) is 5.32 Å². The van der Waals surface area contributed by atoms with E-state index < -0.39 is 5.97 Å². The number of esters is 1. The molecule has 0 bridgehead atoms. The van der Waals surface area contributed by atoms with Crippen LogP contribution in [0, 0.1) is 6.92 Å². The van der Waals surface area contributed by atoms with Crippen molar-refractivity contribution in [2.75, 3.05) is 31.6 Å². The van der Waals surface area contributed by atoms with Crippen molar-refractivity contribution in [3.05, 3.63) is 16.5 Å². The summed E-state index contributed by atoms with van der Waals surface area (Å²) in [7, 11) is 0. The molecule has 0 radical (unpaired) electrons. The van der Waals surface area contributed by atoms with Gasteiger partial charge in [0.05, 0.1) is 12.2 Å². The summed E-state index contributed by atoms with van der Waals surface area (Å²) in [6.07, 6.45) is 0.307. The van der Waals surface area contributed by atoms with Crippen molar-refractivity contribution >= 4 is 28.2 Å². The Morgan fingerprint density at radius 1 is 1.39 bits per heavy atom. The van der Waals surface area contributed by atoms with E-state index in [1.165, 1.54) is 16.2 Å². The molecule has 23 heavy (non-hydrogen) atoms. The fourth-order valence-corrected chi connectivity index (χ4v) is 3.81. The summed E-state index contributed by atoms with van der Waals surface area (Å²) in [5.41, 5.74) is 0.432. The molecule has 0 aliphatic carbocycles. The monoisotopic (exact) mass is 341 g/mol. The van der Waals surface area contributed by atoms with E-state index in [1.54, 1.807) is 13.0 Å². The number of rotatable bonds is 5. The van der Waals surface area contributed by atoms with Crippen LogP contribution in [0.2, 0.25) is 0 Å². The van der Waals surface area contributed by atoms with E-state index in [0.29, 0.717) is 23.7 Å². The zero-order valence-corrected chi connectivity index (χ0v) is 14.9. The number of hydrogen-bond acceptors (Lipinski definition) is 5. The van der Waals surface area contributed by atoms with E-state index in [4.69, 9.17) is 9.47 Å². The van der Waals surface area contributed by atoms with E-state index >= 15 is 0 Å². The average Bonchev–Trinajstić information content (AvgIpc) is 2.78. The number of hydrogen-bond donors (Lipinski definition) is 2. The fourth-order valence-electron chi connectivity index (χ4n) is 2.90. The van der Waals surface area contributed by atoms with Crippen LogP contribution in [0.1, 0.15) is 36.0 Å². The lowest BCUT2D eigenvalue weighted by atomic mass is 10.2. The quantitative estimate of drug-likeness (QED) is 0.780. The second kappa shape index (κ2) is 7.90. The number of ether oxygens (including phenoxy) is 2. The Morgan fingerprint density at radius 2 is 2.04 bits per heavy atom. The van der Waals surface area contributed by atoms with Crippen molar-refractivity contribution in [2.24, 2.45) is 0 Å². The third-order valence-electron chi connectivity index (χ3n) is 3.63. The van der Waals surface area contributed by atoms with Crippen molar-refractivity contribution < 1.29 is 24.0 Å². The second-order valence-corrected chi connectivity index (χ2v) is 7.22. The molecule has 6 nitrogen and oxygen atoms in total. The molecule has 2 atom stereocenters. The number of carbonyl (C=O) groups is 2. The Hall–Kier alpha value is -1.44. The minimum atomic E-state index is -0.395. The molecule has 1 fully saturated rings. The van der Waals surface area contributed by atoms with Gasteiger partial charge >= 0.3 is 5.97 Å². The molecular weight excluding hydrogens is 316 g/mol. The van der Waals surface area contributed by atoms with Crippen LogP contribution in [0.4, 0.5) is 5.00 Å². The van der Waals surface area contributed by atoms with Crippen LogP contribution in [0.5, 0.6) is 0 Å². The van der Waals surface area contributed by atoms with Gasteiger partial charge in [0.15, 0.2) is 6.54 Å². The molecule has 0 unspecified atom stereocenters. The minimum absolute atomic E-state index is 0.0892. The lowest BCUT2D eigenvalue weighted by molar-refractivity contribution is -0.907. The SMILES string of the molecule is CCOC(=O)c1cc(C)sc1NC(=O)C[NH+]1C[C@@H](C)O[C@H](C)C1. The summed E-state index contributed by atoms with van der Waals surface area (Å²) in [5, 5.41) is 3.43. The molecule has 0 aromatic carbocycles. The van der Waals surface area contributed by atoms with Crippen LogP contribution in [-0.4, -0.2) is 50.3 Å². The van der Waals surface area contributed by atoms with Crippen molar-refractivity contribution in [2.45, 2.75) is 39.9 Å². The summed E-state index contributed by atoms with van der Waals surface area (Å²) in [6.45, 7) is 10.0. The largest absolute Gasteiger partial charge is 0.462 e. The van der Waals surface area contributed by atoms with Crippen LogP contribution in [0.3, 0.4) is 0 Å². The third kappa shape index (κ3) is 5.02. The molecule has 2 rings (SSSR count). The highest BCUT2D eigenvalue weighted by Gasteiger charge is 2.28. The molecule has 1 aliphatic rings. The van der Waals surface area contributed by atoms with Gasteiger partial charge in [0.1, 0.15) is 30.3 Å². The lowest BCUT2D eigenvalue weighted by Crippen LogP contribution is -3.16. The normalized spacial score (nSPS) is 24.3. The van der Waals surface area contributed by atoms with Gasteiger partial charge in [0, 0.05) is 4.88 Å². The number of nitrogens with one attached hydrogen (secondary N) is 2. The summed E-state index contributed by atoms with van der Waals surface area (Å²) >= 11 is 1.39. The van der Waals surface area contributed by atoms with Gasteiger partial charge in [0.25, 0.3) is 5.91 Å². The molecule has 1 saturated heterocycles.